The van der Waals surface area contributed by atoms with Gasteiger partial charge in [-0.1, -0.05) is 0 Å². The largest absolute Gasteiger partial charge is 0.506 e. The number of nitrogens with zero attached hydrogens (tertiary/aromatic N) is 2. The van der Waals surface area contributed by atoms with Gasteiger partial charge in [0.05, 0.1) is 10.6 Å². The summed E-state index contributed by atoms with van der Waals surface area (Å²) >= 11 is 0. The molecule has 7 nitrogen and oxygen atoms in total. The van der Waals surface area contributed by atoms with E-state index in [0.29, 0.717) is 0 Å². The maximum Gasteiger partial charge on any atom is 0.431 e. The van der Waals surface area contributed by atoms with Gasteiger partial charge in [0.25, 0.3) is 5.69 Å². The number of carbonyl (C=O) groups excluding carboxylic acids is 1. The molecule has 2 aromatic rings. The number of pyridine rings is 1. The van der Waals surface area contributed by atoms with Crippen LogP contribution in [0, 0.1) is 10.1 Å². The molecule has 1 aromatic carbocycles. The Morgan fingerprint density at radius 3 is 2.56 bits per heavy atom. The number of non-ortho nitro benzene ring substituents is 1. The number of nitro groups is 1. The van der Waals surface area contributed by atoms with E-state index in [9.17, 15) is 33.2 Å². The number of Topliss-reactive ketones (excluding diaryl/α,β-unsaturated/α-hetero) is 1. The van der Waals surface area contributed by atoms with E-state index in [1.807, 2.05) is 0 Å². The molecule has 3 rings (SSSR count). The van der Waals surface area contributed by atoms with E-state index >= 15 is 0 Å². The molecule has 0 amide bonds. The first-order valence-electron chi connectivity index (χ1n) is 6.86. The number of rotatable bonds is 2. The normalized spacial score (nSPS) is 15.8. The summed E-state index contributed by atoms with van der Waals surface area (Å²) < 4.78 is 44.9. The van der Waals surface area contributed by atoms with Gasteiger partial charge in [-0.05, 0) is 12.1 Å². The third-order valence-corrected chi connectivity index (χ3v) is 3.62. The molecule has 0 saturated heterocycles. The number of aromatic hydroxyl groups is 1. The molecule has 10 heteroatoms. The van der Waals surface area contributed by atoms with Crippen LogP contribution in [-0.4, -0.2) is 27.0 Å². The summed E-state index contributed by atoms with van der Waals surface area (Å²) in [6.07, 6.45) is -7.30. The van der Waals surface area contributed by atoms with Crippen molar-refractivity contribution in [3.8, 4) is 22.6 Å². The number of carbonyl (C=O) groups is 1. The Balaban J connectivity index is 2.31. The summed E-state index contributed by atoms with van der Waals surface area (Å²) in [5.41, 5.74) is -1.75. The highest BCUT2D eigenvalue weighted by Gasteiger charge is 2.48. The molecular weight excluding hydrogens is 345 g/mol. The highest BCUT2D eigenvalue weighted by Crippen LogP contribution is 2.49. The zero-order valence-electron chi connectivity index (χ0n) is 12.5. The molecule has 0 radical (unpaired) electrons. The number of hydrogen-bond donors (Lipinski definition) is 1. The molecule has 0 bridgehead atoms. The first-order chi connectivity index (χ1) is 11.6. The summed E-state index contributed by atoms with van der Waals surface area (Å²) in [4.78, 5) is 25.3. The lowest BCUT2D eigenvalue weighted by atomic mass is 9.95. The minimum atomic E-state index is -4.84. The third-order valence-electron chi connectivity index (χ3n) is 3.62. The van der Waals surface area contributed by atoms with Gasteiger partial charge in [0.1, 0.15) is 17.2 Å². The van der Waals surface area contributed by atoms with Crippen LogP contribution < -0.4 is 4.74 Å². The highest BCUT2D eigenvalue weighted by molar-refractivity contribution is 5.95. The van der Waals surface area contributed by atoms with Gasteiger partial charge in [-0.15, -0.1) is 0 Å². The van der Waals surface area contributed by atoms with Crippen molar-refractivity contribution in [3.05, 3.63) is 45.8 Å². The number of nitro benzene ring substituents is 1. The number of hydrogen-bond acceptors (Lipinski definition) is 6. The molecule has 0 saturated carbocycles. The predicted molar refractivity (Wildman–Crippen MR) is 77.4 cm³/mol. The Labute approximate surface area is 137 Å². The van der Waals surface area contributed by atoms with Gasteiger partial charge in [0.2, 0.25) is 6.10 Å². The zero-order valence-corrected chi connectivity index (χ0v) is 12.5. The molecule has 0 spiro atoms. The van der Waals surface area contributed by atoms with Gasteiger partial charge in [0, 0.05) is 30.2 Å². The van der Waals surface area contributed by atoms with Crippen molar-refractivity contribution < 1.29 is 32.7 Å². The molecular formula is C15H9F3N2O5. The fraction of sp³-hybridized carbons (Fsp3) is 0.200. The summed E-state index contributed by atoms with van der Waals surface area (Å²) in [5.74, 6) is -1.59. The van der Waals surface area contributed by atoms with Gasteiger partial charge in [-0.25, -0.2) is 4.98 Å². The second-order valence-corrected chi connectivity index (χ2v) is 5.32. The van der Waals surface area contributed by atoms with E-state index in [-0.39, 0.29) is 22.6 Å². The van der Waals surface area contributed by atoms with E-state index in [2.05, 4.69) is 4.98 Å². The number of halogens is 3. The standard InChI is InChI=1S/C15H9F3N2O5/c1-6(21)12-10(22)5-9-8-4-7(20(23)24)2-3-11(8)25-14(13(9)19-12)15(16,17)18/h2-5,14,22H,1H3. The van der Waals surface area contributed by atoms with Gasteiger partial charge < -0.3 is 9.84 Å². The summed E-state index contributed by atoms with van der Waals surface area (Å²) in [6, 6.07) is 4.01. The predicted octanol–water partition coefficient (Wildman–Crippen LogP) is 3.56. The third kappa shape index (κ3) is 2.75. The molecule has 2 heterocycles. The lowest BCUT2D eigenvalue weighted by Crippen LogP contribution is -2.30. The maximum absolute atomic E-state index is 13.3. The van der Waals surface area contributed by atoms with Crippen LogP contribution in [0.3, 0.4) is 0 Å². The minimum absolute atomic E-state index is 0.0254. The summed E-state index contributed by atoms with van der Waals surface area (Å²) in [7, 11) is 0. The van der Waals surface area contributed by atoms with Crippen molar-refractivity contribution in [3.63, 3.8) is 0 Å². The zero-order chi connectivity index (χ0) is 18.5. The van der Waals surface area contributed by atoms with Crippen molar-refractivity contribution in [2.45, 2.75) is 19.2 Å². The second kappa shape index (κ2) is 5.43. The van der Waals surface area contributed by atoms with Crippen molar-refractivity contribution in [1.29, 1.82) is 0 Å². The molecule has 0 aliphatic carbocycles. The molecule has 1 aromatic heterocycles. The summed E-state index contributed by atoms with van der Waals surface area (Å²) in [5, 5.41) is 20.8. The van der Waals surface area contributed by atoms with Crippen molar-refractivity contribution in [2.24, 2.45) is 0 Å². The molecule has 1 unspecified atom stereocenters. The quantitative estimate of drug-likeness (QED) is 0.502. The Hall–Kier alpha value is -3.17. The first-order valence-corrected chi connectivity index (χ1v) is 6.86. The van der Waals surface area contributed by atoms with Crippen LogP contribution in [0.25, 0.3) is 11.1 Å². The number of alkyl halides is 3. The average Bonchev–Trinajstić information content (AvgIpc) is 2.51. The topological polar surface area (TPSA) is 103 Å². The Morgan fingerprint density at radius 1 is 1.32 bits per heavy atom. The highest BCUT2D eigenvalue weighted by atomic mass is 19.4. The maximum atomic E-state index is 13.3. The van der Waals surface area contributed by atoms with Gasteiger partial charge in [0.15, 0.2) is 5.78 Å². The Kier molecular flexibility index (Phi) is 3.62. The average molecular weight is 354 g/mol. The SMILES string of the molecule is CC(=O)c1nc2c(cc1O)-c1cc([N+](=O)[O-])ccc1OC2C(F)(F)F. The van der Waals surface area contributed by atoms with Crippen LogP contribution in [0.4, 0.5) is 18.9 Å². The van der Waals surface area contributed by atoms with Crippen molar-refractivity contribution >= 4 is 11.5 Å². The van der Waals surface area contributed by atoms with E-state index < -0.39 is 40.1 Å². The van der Waals surface area contributed by atoms with Gasteiger partial charge >= 0.3 is 6.18 Å². The van der Waals surface area contributed by atoms with Crippen LogP contribution >= 0.6 is 0 Å². The number of benzene rings is 1. The second-order valence-electron chi connectivity index (χ2n) is 5.32. The number of ketones is 1. The molecule has 1 N–H and O–H groups in total. The lowest BCUT2D eigenvalue weighted by molar-refractivity contribution is -0.384. The monoisotopic (exact) mass is 354 g/mol. The van der Waals surface area contributed by atoms with Gasteiger partial charge in [-0.3, -0.25) is 14.9 Å². The van der Waals surface area contributed by atoms with Crippen LogP contribution in [0.2, 0.25) is 0 Å². The lowest BCUT2D eigenvalue weighted by Gasteiger charge is -2.29. The van der Waals surface area contributed by atoms with Crippen LogP contribution in [0.1, 0.15) is 29.2 Å². The van der Waals surface area contributed by atoms with Gasteiger partial charge in [-0.2, -0.15) is 13.2 Å². The van der Waals surface area contributed by atoms with E-state index in [0.717, 1.165) is 31.2 Å². The molecule has 0 fully saturated rings. The fourth-order valence-corrected chi connectivity index (χ4v) is 2.54. The summed E-state index contributed by atoms with van der Waals surface area (Å²) in [6.45, 7) is 1.04. The van der Waals surface area contributed by atoms with E-state index in [4.69, 9.17) is 4.74 Å². The first kappa shape index (κ1) is 16.7. The molecule has 1 atom stereocenters. The molecule has 130 valence electrons. The number of aromatic nitrogens is 1. The Morgan fingerprint density at radius 2 is 2.00 bits per heavy atom. The van der Waals surface area contributed by atoms with Crippen LogP contribution in [-0.2, 0) is 0 Å². The van der Waals surface area contributed by atoms with Crippen LogP contribution in [0.15, 0.2) is 24.3 Å². The molecule has 1 aliphatic rings. The molecule has 25 heavy (non-hydrogen) atoms. The minimum Gasteiger partial charge on any atom is -0.506 e. The smallest absolute Gasteiger partial charge is 0.431 e. The van der Waals surface area contributed by atoms with Crippen molar-refractivity contribution in [2.75, 3.05) is 0 Å². The fourth-order valence-electron chi connectivity index (χ4n) is 2.54. The molecule has 1 aliphatic heterocycles. The van der Waals surface area contributed by atoms with E-state index in [1.165, 1.54) is 0 Å². The van der Waals surface area contributed by atoms with Crippen molar-refractivity contribution in [1.82, 2.24) is 4.98 Å². The Bertz CT molecular complexity index is 911. The van der Waals surface area contributed by atoms with Crippen LogP contribution in [0.5, 0.6) is 11.5 Å². The number of fused-ring (bicyclic) bond motifs is 3. The number of ether oxygens (including phenoxy) is 1. The van der Waals surface area contributed by atoms with E-state index in [1.54, 1.807) is 0 Å².